The van der Waals surface area contributed by atoms with Gasteiger partial charge in [0.15, 0.2) is 12.4 Å². The minimum atomic E-state index is -1.62. The number of allylic oxidation sites excluding steroid dienone is 2. The first-order valence-electron chi connectivity index (χ1n) is 29.3. The molecule has 0 aliphatic heterocycles. The van der Waals surface area contributed by atoms with Crippen LogP contribution in [0.15, 0.2) is 12.2 Å². The molecule has 0 heterocycles. The van der Waals surface area contributed by atoms with E-state index in [1.807, 2.05) is 21.1 Å². The number of rotatable bonds is 55. The van der Waals surface area contributed by atoms with E-state index in [0.29, 0.717) is 23.9 Å². The fourth-order valence-corrected chi connectivity index (χ4v) is 8.71. The molecule has 0 bridgehead atoms. The summed E-state index contributed by atoms with van der Waals surface area (Å²) in [7, 11) is 5.93. The van der Waals surface area contributed by atoms with Crippen molar-refractivity contribution >= 4 is 17.9 Å². The largest absolute Gasteiger partial charge is 0.545 e. The van der Waals surface area contributed by atoms with E-state index in [2.05, 4.69) is 26.0 Å². The summed E-state index contributed by atoms with van der Waals surface area (Å²) in [4.78, 5) is 37.3. The lowest BCUT2D eigenvalue weighted by atomic mass is 10.0. The summed E-state index contributed by atoms with van der Waals surface area (Å²) in [6.45, 7) is 4.79. The van der Waals surface area contributed by atoms with Gasteiger partial charge in [-0.1, -0.05) is 251 Å². The summed E-state index contributed by atoms with van der Waals surface area (Å²) >= 11 is 0. The predicted molar refractivity (Wildman–Crippen MR) is 283 cm³/mol. The van der Waals surface area contributed by atoms with E-state index in [-0.39, 0.29) is 32.2 Å². The summed E-state index contributed by atoms with van der Waals surface area (Å²) in [5.74, 6) is -2.27. The standard InChI is InChI=1S/C59H113NO8/c1-6-8-10-12-14-16-18-20-22-24-25-26-27-28-29-30-31-32-34-35-37-39-41-43-45-47-49-56(61)66-53-55(54-67-59(58(63)64)65-52-51-60(3,4)5)68-57(62)50-48-46-44-42-40-38-36-33-23-21-19-17-15-13-11-9-7-2/h21,23,55,59H,6-20,22,24-54H2,1-5H3/b23-21-. The van der Waals surface area contributed by atoms with Gasteiger partial charge in [-0.25, -0.2) is 0 Å². The van der Waals surface area contributed by atoms with E-state index in [1.54, 1.807) is 0 Å². The van der Waals surface area contributed by atoms with Crippen molar-refractivity contribution in [3.8, 4) is 0 Å². The third kappa shape index (κ3) is 51.9. The Morgan fingerprint density at radius 3 is 1.09 bits per heavy atom. The van der Waals surface area contributed by atoms with E-state index in [0.717, 1.165) is 44.9 Å². The fourth-order valence-electron chi connectivity index (χ4n) is 8.71. The SMILES string of the molecule is CCCCCCCC/C=C\CCCCCCCCCC(=O)OC(COC(=O)CCCCCCCCCCCCCCCCCCCCCCCCCCCC)COC(OCC[N+](C)(C)C)C(=O)[O-]. The molecule has 2 unspecified atom stereocenters. The number of quaternary nitrogens is 1. The Labute approximate surface area is 421 Å². The molecule has 0 rings (SSSR count). The molecule has 0 aliphatic rings. The van der Waals surface area contributed by atoms with Crippen LogP contribution in [0.25, 0.3) is 0 Å². The Kier molecular flexibility index (Phi) is 49.9. The molecule has 0 aliphatic carbocycles. The molecule has 9 nitrogen and oxygen atoms in total. The number of carbonyl (C=O) groups is 3. The molecule has 0 aromatic carbocycles. The lowest BCUT2D eigenvalue weighted by molar-refractivity contribution is -0.870. The van der Waals surface area contributed by atoms with Gasteiger partial charge in [-0.3, -0.25) is 9.59 Å². The molecular formula is C59H113NO8. The molecule has 68 heavy (non-hydrogen) atoms. The van der Waals surface area contributed by atoms with E-state index >= 15 is 0 Å². The van der Waals surface area contributed by atoms with Crippen LogP contribution in [0.1, 0.15) is 290 Å². The van der Waals surface area contributed by atoms with Crippen LogP contribution in [0, 0.1) is 0 Å². The third-order valence-corrected chi connectivity index (χ3v) is 13.3. The van der Waals surface area contributed by atoms with E-state index in [9.17, 15) is 19.5 Å². The maximum Gasteiger partial charge on any atom is 0.306 e. The minimum Gasteiger partial charge on any atom is -0.545 e. The van der Waals surface area contributed by atoms with Crippen molar-refractivity contribution in [3.63, 3.8) is 0 Å². The van der Waals surface area contributed by atoms with E-state index in [1.165, 1.54) is 212 Å². The van der Waals surface area contributed by atoms with Crippen molar-refractivity contribution in [1.29, 1.82) is 0 Å². The Morgan fingerprint density at radius 2 is 0.750 bits per heavy atom. The number of carboxylic acids is 1. The third-order valence-electron chi connectivity index (χ3n) is 13.3. The normalized spacial score (nSPS) is 12.8. The second kappa shape index (κ2) is 51.4. The Balaban J connectivity index is 4.15. The van der Waals surface area contributed by atoms with Gasteiger partial charge in [-0.15, -0.1) is 0 Å². The first kappa shape index (κ1) is 66.0. The van der Waals surface area contributed by atoms with Crippen LogP contribution >= 0.6 is 0 Å². The lowest BCUT2D eigenvalue weighted by Crippen LogP contribution is -2.44. The number of unbranched alkanes of at least 4 members (excludes halogenated alkanes) is 38. The number of hydrogen-bond donors (Lipinski definition) is 0. The fraction of sp³-hybridized carbons (Fsp3) is 0.915. The summed E-state index contributed by atoms with van der Waals surface area (Å²) in [6.07, 6.45) is 55.5. The number of carboxylic acid groups (broad SMARTS) is 1. The average molecular weight is 965 g/mol. The second-order valence-electron chi connectivity index (χ2n) is 21.3. The van der Waals surface area contributed by atoms with Crippen LogP contribution < -0.4 is 5.11 Å². The molecule has 0 aromatic rings. The molecule has 0 spiro atoms. The van der Waals surface area contributed by atoms with Gasteiger partial charge < -0.3 is 33.3 Å². The van der Waals surface area contributed by atoms with E-state index in [4.69, 9.17) is 18.9 Å². The molecule has 9 heteroatoms. The smallest absolute Gasteiger partial charge is 0.306 e. The molecule has 0 fully saturated rings. The van der Waals surface area contributed by atoms with Crippen molar-refractivity contribution in [1.82, 2.24) is 0 Å². The molecule has 0 radical (unpaired) electrons. The zero-order valence-electron chi connectivity index (χ0n) is 45.8. The predicted octanol–water partition coefficient (Wildman–Crippen LogP) is 15.6. The van der Waals surface area contributed by atoms with Gasteiger partial charge in [0.2, 0.25) is 0 Å². The Hall–Kier alpha value is -1.97. The molecule has 0 amide bonds. The Bertz CT molecular complexity index is 1120. The molecule has 2 atom stereocenters. The van der Waals surface area contributed by atoms with Crippen molar-refractivity contribution in [2.24, 2.45) is 0 Å². The van der Waals surface area contributed by atoms with Gasteiger partial charge in [-0.05, 0) is 38.5 Å². The number of carbonyl (C=O) groups excluding carboxylic acids is 3. The quantitative estimate of drug-likeness (QED) is 0.0195. The van der Waals surface area contributed by atoms with Crippen molar-refractivity contribution in [3.05, 3.63) is 12.2 Å². The van der Waals surface area contributed by atoms with Crippen LogP contribution in [0.5, 0.6) is 0 Å². The van der Waals surface area contributed by atoms with Crippen LogP contribution in [-0.2, 0) is 33.3 Å². The number of esters is 2. The summed E-state index contributed by atoms with van der Waals surface area (Å²) < 4.78 is 22.7. The zero-order valence-corrected chi connectivity index (χ0v) is 45.8. The Morgan fingerprint density at radius 1 is 0.426 bits per heavy atom. The first-order valence-corrected chi connectivity index (χ1v) is 29.3. The van der Waals surface area contributed by atoms with E-state index < -0.39 is 24.3 Å². The van der Waals surface area contributed by atoms with Gasteiger partial charge in [0, 0.05) is 12.8 Å². The summed E-state index contributed by atoms with van der Waals surface area (Å²) in [6, 6.07) is 0. The molecule has 0 saturated heterocycles. The summed E-state index contributed by atoms with van der Waals surface area (Å²) in [5, 5.41) is 11.8. The van der Waals surface area contributed by atoms with Gasteiger partial charge in [-0.2, -0.15) is 0 Å². The second-order valence-corrected chi connectivity index (χ2v) is 21.3. The number of ether oxygens (including phenoxy) is 4. The highest BCUT2D eigenvalue weighted by Crippen LogP contribution is 2.17. The number of nitrogens with zero attached hydrogens (tertiary/aromatic N) is 1. The van der Waals surface area contributed by atoms with Gasteiger partial charge in [0.25, 0.3) is 0 Å². The van der Waals surface area contributed by atoms with Gasteiger partial charge >= 0.3 is 11.9 Å². The molecular weight excluding hydrogens is 851 g/mol. The maximum atomic E-state index is 12.8. The van der Waals surface area contributed by atoms with Crippen molar-refractivity contribution < 1.29 is 42.9 Å². The minimum absolute atomic E-state index is 0.150. The van der Waals surface area contributed by atoms with Crippen molar-refractivity contribution in [2.45, 2.75) is 302 Å². The lowest BCUT2D eigenvalue weighted by Gasteiger charge is -2.26. The number of aliphatic carboxylic acids is 1. The van der Waals surface area contributed by atoms with Crippen LogP contribution in [0.2, 0.25) is 0 Å². The highest BCUT2D eigenvalue weighted by atomic mass is 16.7. The molecule has 0 N–H and O–H groups in total. The zero-order chi connectivity index (χ0) is 49.9. The molecule has 0 aromatic heterocycles. The first-order chi connectivity index (χ1) is 33.1. The monoisotopic (exact) mass is 964 g/mol. The topological polar surface area (TPSA) is 111 Å². The van der Waals surface area contributed by atoms with Gasteiger partial charge in [0.05, 0.1) is 40.3 Å². The van der Waals surface area contributed by atoms with Gasteiger partial charge in [0.1, 0.15) is 13.2 Å². The highest BCUT2D eigenvalue weighted by Gasteiger charge is 2.22. The average Bonchev–Trinajstić information content (AvgIpc) is 3.30. The molecule has 402 valence electrons. The maximum absolute atomic E-state index is 12.8. The van der Waals surface area contributed by atoms with Crippen molar-refractivity contribution in [2.75, 3.05) is 47.5 Å². The number of likely N-dealkylation sites (N-methyl/N-ethyl adjacent to an activating group) is 1. The highest BCUT2D eigenvalue weighted by molar-refractivity contribution is 5.70. The van der Waals surface area contributed by atoms with Crippen LogP contribution in [0.4, 0.5) is 0 Å². The van der Waals surface area contributed by atoms with Crippen LogP contribution in [0.3, 0.4) is 0 Å². The molecule has 0 saturated carbocycles. The van der Waals surface area contributed by atoms with Crippen LogP contribution in [-0.4, -0.2) is 82.3 Å². The number of hydrogen-bond acceptors (Lipinski definition) is 8. The summed E-state index contributed by atoms with van der Waals surface area (Å²) in [5.41, 5.74) is 0.